The van der Waals surface area contributed by atoms with Gasteiger partial charge in [-0.25, -0.2) is 0 Å². The molecule has 0 spiro atoms. The average molecular weight is 386 g/mol. The Hall–Kier alpha value is -3.08. The summed E-state index contributed by atoms with van der Waals surface area (Å²) in [5.74, 6) is -0.889. The Balaban J connectivity index is 1.80. The molecule has 7 nitrogen and oxygen atoms in total. The van der Waals surface area contributed by atoms with Gasteiger partial charge in [0.1, 0.15) is 12.3 Å². The van der Waals surface area contributed by atoms with E-state index in [0.717, 1.165) is 12.1 Å². The molecule has 1 aromatic heterocycles. The van der Waals surface area contributed by atoms with E-state index in [4.69, 9.17) is 12.2 Å². The number of carbonyl (C=O) groups excluding carboxylic acids is 1. The number of pyridine rings is 1. The number of nitrogens with one attached hydrogen (secondary N) is 3. The number of hydrogen-bond donors (Lipinski definition) is 3. The van der Waals surface area contributed by atoms with Crippen molar-refractivity contribution in [3.8, 4) is 5.75 Å². The second-order valence-corrected chi connectivity index (χ2v) is 5.27. The molecular formula is C15H13F3N4O3S. The lowest BCUT2D eigenvalue weighted by atomic mass is 10.3. The highest BCUT2D eigenvalue weighted by molar-refractivity contribution is 7.80. The van der Waals surface area contributed by atoms with Gasteiger partial charge in [0.05, 0.1) is 0 Å². The summed E-state index contributed by atoms with van der Waals surface area (Å²) in [6.07, 6.45) is -3.31. The number of aromatic nitrogens is 1. The average Bonchev–Trinajstić information content (AvgIpc) is 2.56. The van der Waals surface area contributed by atoms with Crippen molar-refractivity contribution in [1.29, 1.82) is 0 Å². The fourth-order valence-corrected chi connectivity index (χ4v) is 1.98. The van der Waals surface area contributed by atoms with Crippen LogP contribution in [0.2, 0.25) is 0 Å². The monoisotopic (exact) mass is 386 g/mol. The van der Waals surface area contributed by atoms with E-state index in [-0.39, 0.29) is 23.0 Å². The standard InChI is InChI=1S/C15H13F3N4O3S/c16-15(17,18)25-11-6-4-10(5-7-11)19-14(26)21-20-12(23)9-22-8-2-1-3-13(22)24/h1-8H,9H2,(H,20,23)(H2,19,21,26). The molecular weight excluding hydrogens is 373 g/mol. The zero-order valence-electron chi connectivity index (χ0n) is 13.0. The van der Waals surface area contributed by atoms with E-state index < -0.39 is 12.3 Å². The van der Waals surface area contributed by atoms with Gasteiger partial charge < -0.3 is 14.6 Å². The van der Waals surface area contributed by atoms with Gasteiger partial charge in [-0.15, -0.1) is 13.2 Å². The van der Waals surface area contributed by atoms with Crippen molar-refractivity contribution in [2.75, 3.05) is 5.32 Å². The van der Waals surface area contributed by atoms with E-state index in [1.54, 1.807) is 12.1 Å². The number of rotatable bonds is 4. The van der Waals surface area contributed by atoms with E-state index in [1.807, 2.05) is 0 Å². The molecule has 11 heteroatoms. The molecule has 0 aliphatic carbocycles. The van der Waals surface area contributed by atoms with E-state index in [0.29, 0.717) is 5.69 Å². The number of benzene rings is 1. The number of hydrazine groups is 1. The second-order valence-electron chi connectivity index (χ2n) is 4.87. The van der Waals surface area contributed by atoms with Crippen molar-refractivity contribution in [3.05, 3.63) is 59.0 Å². The van der Waals surface area contributed by atoms with Crippen molar-refractivity contribution < 1.29 is 22.7 Å². The molecule has 0 saturated carbocycles. The smallest absolute Gasteiger partial charge is 0.406 e. The van der Waals surface area contributed by atoms with Crippen LogP contribution in [0, 0.1) is 0 Å². The summed E-state index contributed by atoms with van der Waals surface area (Å²) in [7, 11) is 0. The Labute approximate surface area is 150 Å². The highest BCUT2D eigenvalue weighted by Gasteiger charge is 2.30. The summed E-state index contributed by atoms with van der Waals surface area (Å²) in [5.41, 5.74) is 4.76. The molecule has 1 amide bonds. The maximum atomic E-state index is 12.1. The van der Waals surface area contributed by atoms with Gasteiger partial charge in [0, 0.05) is 18.0 Å². The Bertz CT molecular complexity index is 837. The second kappa shape index (κ2) is 8.34. The first kappa shape index (κ1) is 19.2. The molecule has 2 rings (SSSR count). The lowest BCUT2D eigenvalue weighted by molar-refractivity contribution is -0.274. The number of thiocarbonyl (C=S) groups is 1. The summed E-state index contributed by atoms with van der Waals surface area (Å²) in [6.45, 7) is -0.210. The van der Waals surface area contributed by atoms with Gasteiger partial charge in [0.15, 0.2) is 5.11 Å². The molecule has 0 bridgehead atoms. The molecule has 0 atom stereocenters. The van der Waals surface area contributed by atoms with Crippen molar-refractivity contribution in [1.82, 2.24) is 15.4 Å². The lowest BCUT2D eigenvalue weighted by Gasteiger charge is -2.13. The van der Waals surface area contributed by atoms with Crippen LogP contribution in [0.4, 0.5) is 18.9 Å². The van der Waals surface area contributed by atoms with Crippen molar-refractivity contribution in [2.45, 2.75) is 12.9 Å². The first-order chi connectivity index (χ1) is 12.2. The van der Waals surface area contributed by atoms with Crippen LogP contribution >= 0.6 is 12.2 Å². The highest BCUT2D eigenvalue weighted by atomic mass is 32.1. The van der Waals surface area contributed by atoms with Crippen LogP contribution in [0.3, 0.4) is 0 Å². The van der Waals surface area contributed by atoms with Crippen LogP contribution in [0.25, 0.3) is 0 Å². The number of alkyl halides is 3. The maximum absolute atomic E-state index is 12.1. The number of hydrogen-bond acceptors (Lipinski definition) is 4. The van der Waals surface area contributed by atoms with Gasteiger partial charge in [-0.1, -0.05) is 6.07 Å². The third kappa shape index (κ3) is 6.43. The zero-order chi connectivity index (χ0) is 19.2. The molecule has 0 radical (unpaired) electrons. The summed E-state index contributed by atoms with van der Waals surface area (Å²) in [6, 6.07) is 9.34. The van der Waals surface area contributed by atoms with Gasteiger partial charge in [0.25, 0.3) is 11.5 Å². The molecule has 0 unspecified atom stereocenters. The normalized spacial score (nSPS) is 10.7. The SMILES string of the molecule is O=C(Cn1ccccc1=O)NNC(=S)Nc1ccc(OC(F)(F)F)cc1. The minimum atomic E-state index is -4.77. The first-order valence-electron chi connectivity index (χ1n) is 7.10. The molecule has 1 heterocycles. The number of anilines is 1. The van der Waals surface area contributed by atoms with Gasteiger partial charge in [0.2, 0.25) is 0 Å². The molecule has 1 aromatic carbocycles. The molecule has 0 fully saturated rings. The van der Waals surface area contributed by atoms with Crippen LogP contribution in [-0.2, 0) is 11.3 Å². The van der Waals surface area contributed by atoms with Gasteiger partial charge >= 0.3 is 6.36 Å². The number of nitrogens with zero attached hydrogens (tertiary/aromatic N) is 1. The predicted molar refractivity (Wildman–Crippen MR) is 91.3 cm³/mol. The summed E-state index contributed by atoms with van der Waals surface area (Å²) in [4.78, 5) is 23.2. The molecule has 3 N–H and O–H groups in total. The molecule has 0 aliphatic heterocycles. The minimum absolute atomic E-state index is 0.00301. The van der Waals surface area contributed by atoms with Crippen molar-refractivity contribution >= 4 is 28.9 Å². The van der Waals surface area contributed by atoms with Gasteiger partial charge in [-0.2, -0.15) is 0 Å². The fourth-order valence-electron chi connectivity index (χ4n) is 1.81. The quantitative estimate of drug-likeness (QED) is 0.549. The molecule has 0 aliphatic rings. The largest absolute Gasteiger partial charge is 0.573 e. The number of ether oxygens (including phenoxy) is 1. The van der Waals surface area contributed by atoms with Crippen LogP contribution < -0.4 is 26.5 Å². The Kier molecular flexibility index (Phi) is 6.17. The highest BCUT2D eigenvalue weighted by Crippen LogP contribution is 2.23. The first-order valence-corrected chi connectivity index (χ1v) is 7.51. The van der Waals surface area contributed by atoms with Crippen LogP contribution in [0.1, 0.15) is 0 Å². The summed E-state index contributed by atoms with van der Waals surface area (Å²) >= 11 is 4.95. The van der Waals surface area contributed by atoms with Crippen LogP contribution in [-0.4, -0.2) is 21.9 Å². The Morgan fingerprint density at radius 2 is 1.81 bits per heavy atom. The molecule has 0 saturated heterocycles. The van der Waals surface area contributed by atoms with Gasteiger partial charge in [-0.05, 0) is 42.5 Å². The van der Waals surface area contributed by atoms with Crippen LogP contribution in [0.5, 0.6) is 5.75 Å². The molecule has 26 heavy (non-hydrogen) atoms. The fraction of sp³-hybridized carbons (Fsp3) is 0.133. The molecule has 138 valence electrons. The third-order valence-corrected chi connectivity index (χ3v) is 3.08. The lowest BCUT2D eigenvalue weighted by Crippen LogP contribution is -2.45. The van der Waals surface area contributed by atoms with E-state index in [2.05, 4.69) is 20.9 Å². The Morgan fingerprint density at radius 3 is 2.42 bits per heavy atom. The van der Waals surface area contributed by atoms with Crippen molar-refractivity contribution in [3.63, 3.8) is 0 Å². The maximum Gasteiger partial charge on any atom is 0.573 e. The van der Waals surface area contributed by atoms with Gasteiger partial charge in [-0.3, -0.25) is 20.4 Å². The third-order valence-electron chi connectivity index (χ3n) is 2.87. The summed E-state index contributed by atoms with van der Waals surface area (Å²) < 4.78 is 41.2. The van der Waals surface area contributed by atoms with Crippen LogP contribution in [0.15, 0.2) is 53.5 Å². The number of carbonyl (C=O) groups is 1. The summed E-state index contributed by atoms with van der Waals surface area (Å²) in [5, 5.41) is 2.67. The topological polar surface area (TPSA) is 84.4 Å². The Morgan fingerprint density at radius 1 is 1.12 bits per heavy atom. The van der Waals surface area contributed by atoms with E-state index in [1.165, 1.54) is 29.0 Å². The predicted octanol–water partition coefficient (Wildman–Crippen LogP) is 1.76. The number of amides is 1. The zero-order valence-corrected chi connectivity index (χ0v) is 13.9. The van der Waals surface area contributed by atoms with E-state index >= 15 is 0 Å². The minimum Gasteiger partial charge on any atom is -0.406 e. The molecule has 2 aromatic rings. The van der Waals surface area contributed by atoms with E-state index in [9.17, 15) is 22.8 Å². The number of halogens is 3. The van der Waals surface area contributed by atoms with Crippen molar-refractivity contribution in [2.24, 2.45) is 0 Å².